The summed E-state index contributed by atoms with van der Waals surface area (Å²) in [4.78, 5) is 23.7. The average Bonchev–Trinajstić information content (AvgIpc) is 2.66. The van der Waals surface area contributed by atoms with E-state index in [1.165, 1.54) is 18.2 Å². The summed E-state index contributed by atoms with van der Waals surface area (Å²) in [5, 5.41) is 0. The summed E-state index contributed by atoms with van der Waals surface area (Å²) in [5.41, 5.74) is 1.45. The van der Waals surface area contributed by atoms with Crippen LogP contribution in [0.2, 0.25) is 0 Å². The van der Waals surface area contributed by atoms with Crippen molar-refractivity contribution in [2.75, 3.05) is 6.61 Å². The Labute approximate surface area is 164 Å². The molecule has 28 heavy (non-hydrogen) atoms. The van der Waals surface area contributed by atoms with Gasteiger partial charge in [-0.25, -0.2) is 22.7 Å². The average molecular weight is 403 g/mol. The molecule has 0 spiro atoms. The lowest BCUT2D eigenvalue weighted by Crippen LogP contribution is -2.32. The fourth-order valence-corrected chi connectivity index (χ4v) is 3.12. The molecule has 1 amide bonds. The number of benzene rings is 2. The van der Waals surface area contributed by atoms with E-state index in [4.69, 9.17) is 9.47 Å². The molecule has 0 radical (unpaired) electrons. The number of rotatable bonds is 7. The summed E-state index contributed by atoms with van der Waals surface area (Å²) < 4.78 is 36.5. The molecular weight excluding hydrogens is 382 g/mol. The van der Waals surface area contributed by atoms with Gasteiger partial charge in [-0.3, -0.25) is 0 Å². The summed E-state index contributed by atoms with van der Waals surface area (Å²) >= 11 is 0. The first-order valence-corrected chi connectivity index (χ1v) is 10.00. The van der Waals surface area contributed by atoms with Gasteiger partial charge < -0.3 is 9.47 Å². The van der Waals surface area contributed by atoms with Crippen LogP contribution in [0.25, 0.3) is 0 Å². The fourth-order valence-electron chi connectivity index (χ4n) is 2.24. The first-order chi connectivity index (χ1) is 13.3. The van der Waals surface area contributed by atoms with Crippen molar-refractivity contribution >= 4 is 22.1 Å². The van der Waals surface area contributed by atoms with E-state index < -0.39 is 28.2 Å². The van der Waals surface area contributed by atoms with E-state index in [-0.39, 0.29) is 11.5 Å². The Kier molecular flexibility index (Phi) is 7.34. The van der Waals surface area contributed by atoms with Gasteiger partial charge in [0, 0.05) is 6.08 Å². The molecule has 1 unspecified atom stereocenters. The van der Waals surface area contributed by atoms with Gasteiger partial charge in [0.1, 0.15) is 6.10 Å². The number of carbonyl (C=O) groups is 2. The Morgan fingerprint density at radius 1 is 1.07 bits per heavy atom. The molecule has 0 heterocycles. The number of sulfonamides is 1. The highest BCUT2D eigenvalue weighted by atomic mass is 32.2. The topological polar surface area (TPSA) is 98.8 Å². The van der Waals surface area contributed by atoms with Crippen molar-refractivity contribution < 1.29 is 27.5 Å². The Morgan fingerprint density at radius 2 is 1.71 bits per heavy atom. The Hall–Kier alpha value is -3.13. The van der Waals surface area contributed by atoms with Crippen LogP contribution in [0.4, 0.5) is 4.79 Å². The lowest BCUT2D eigenvalue weighted by molar-refractivity contribution is -0.137. The highest BCUT2D eigenvalue weighted by molar-refractivity contribution is 7.90. The maximum Gasteiger partial charge on any atom is 0.422 e. The lowest BCUT2D eigenvalue weighted by atomic mass is 10.1. The number of ether oxygens (including phenoxy) is 2. The molecule has 7 nitrogen and oxygen atoms in total. The van der Waals surface area contributed by atoms with E-state index in [1.807, 2.05) is 11.6 Å². The molecule has 2 aromatic rings. The van der Waals surface area contributed by atoms with Crippen LogP contribution in [0.15, 0.2) is 71.6 Å². The molecule has 8 heteroatoms. The smallest absolute Gasteiger partial charge is 0.422 e. The zero-order valence-electron chi connectivity index (χ0n) is 15.5. The molecule has 0 aliphatic heterocycles. The number of esters is 1. The van der Waals surface area contributed by atoms with Crippen molar-refractivity contribution in [1.29, 1.82) is 0 Å². The van der Waals surface area contributed by atoms with E-state index in [1.54, 1.807) is 49.4 Å². The number of carbonyl (C=O) groups excluding carboxylic acids is 2. The monoisotopic (exact) mass is 403 g/mol. The third-order valence-corrected chi connectivity index (χ3v) is 4.93. The molecule has 2 rings (SSSR count). The van der Waals surface area contributed by atoms with Gasteiger partial charge in [0.2, 0.25) is 0 Å². The largest absolute Gasteiger partial charge is 0.463 e. The van der Waals surface area contributed by atoms with Gasteiger partial charge in [-0.1, -0.05) is 48.0 Å². The minimum atomic E-state index is -4.08. The lowest BCUT2D eigenvalue weighted by Gasteiger charge is -2.15. The molecule has 0 aliphatic carbocycles. The van der Waals surface area contributed by atoms with Crippen LogP contribution >= 0.6 is 0 Å². The fraction of sp³-hybridized carbons (Fsp3) is 0.200. The first-order valence-electron chi connectivity index (χ1n) is 8.52. The summed E-state index contributed by atoms with van der Waals surface area (Å²) in [7, 11) is -4.08. The molecule has 0 fully saturated rings. The van der Waals surface area contributed by atoms with Gasteiger partial charge >= 0.3 is 12.1 Å². The molecule has 0 bridgehead atoms. The normalized spacial score (nSPS) is 12.4. The summed E-state index contributed by atoms with van der Waals surface area (Å²) in [6.45, 7) is 3.69. The van der Waals surface area contributed by atoms with Crippen molar-refractivity contribution in [2.45, 2.75) is 24.8 Å². The van der Waals surface area contributed by atoms with Gasteiger partial charge in [-0.2, -0.15) is 0 Å². The second kappa shape index (κ2) is 9.70. The van der Waals surface area contributed by atoms with Crippen molar-refractivity contribution in [3.63, 3.8) is 0 Å². The molecule has 0 saturated carbocycles. The molecular formula is C20H21NO6S. The van der Waals surface area contributed by atoms with Crippen LogP contribution in [0.1, 0.15) is 24.2 Å². The van der Waals surface area contributed by atoms with Gasteiger partial charge in [0.15, 0.2) is 0 Å². The second-order valence-electron chi connectivity index (χ2n) is 5.77. The minimum Gasteiger partial charge on any atom is -0.463 e. The SMILES string of the molecule is CCOC(=O)/C=C/C(OC(=O)NS(=O)(=O)c1ccc(C)cc1)c1ccccc1. The van der Waals surface area contributed by atoms with Gasteiger partial charge in [-0.05, 0) is 37.6 Å². The van der Waals surface area contributed by atoms with Crippen molar-refractivity contribution in [1.82, 2.24) is 4.72 Å². The number of amides is 1. The number of nitrogens with one attached hydrogen (secondary N) is 1. The predicted molar refractivity (Wildman–Crippen MR) is 103 cm³/mol. The molecule has 1 N–H and O–H groups in total. The molecule has 148 valence electrons. The Morgan fingerprint density at radius 3 is 2.32 bits per heavy atom. The van der Waals surface area contributed by atoms with Crippen molar-refractivity contribution in [3.8, 4) is 0 Å². The predicted octanol–water partition coefficient (Wildman–Crippen LogP) is 3.27. The number of hydrogen-bond acceptors (Lipinski definition) is 6. The maximum atomic E-state index is 12.3. The molecule has 2 aromatic carbocycles. The van der Waals surface area contributed by atoms with E-state index in [9.17, 15) is 18.0 Å². The van der Waals surface area contributed by atoms with Crippen LogP contribution in [-0.2, 0) is 24.3 Å². The standard InChI is InChI=1S/C20H21NO6S/c1-3-26-19(22)14-13-18(16-7-5-4-6-8-16)27-20(23)21-28(24,25)17-11-9-15(2)10-12-17/h4-14,18H,3H2,1-2H3,(H,21,23)/b14-13+. The third kappa shape index (κ3) is 6.24. The van der Waals surface area contributed by atoms with Crippen LogP contribution in [0, 0.1) is 6.92 Å². The molecule has 0 saturated heterocycles. The molecule has 1 atom stereocenters. The first kappa shape index (κ1) is 21.2. The second-order valence-corrected chi connectivity index (χ2v) is 7.45. The van der Waals surface area contributed by atoms with Crippen molar-refractivity contribution in [2.24, 2.45) is 0 Å². The van der Waals surface area contributed by atoms with Crippen LogP contribution in [0.5, 0.6) is 0 Å². The zero-order valence-corrected chi connectivity index (χ0v) is 16.3. The Balaban J connectivity index is 2.15. The quantitative estimate of drug-likeness (QED) is 0.563. The van der Waals surface area contributed by atoms with Crippen LogP contribution < -0.4 is 4.72 Å². The highest BCUT2D eigenvalue weighted by Crippen LogP contribution is 2.19. The zero-order chi connectivity index (χ0) is 20.6. The van der Waals surface area contributed by atoms with Crippen molar-refractivity contribution in [3.05, 3.63) is 77.9 Å². The van der Waals surface area contributed by atoms with Crippen LogP contribution in [-0.4, -0.2) is 27.1 Å². The summed E-state index contributed by atoms with van der Waals surface area (Å²) in [6, 6.07) is 14.6. The number of aryl methyl sites for hydroxylation is 1. The Bertz CT molecular complexity index is 936. The van der Waals surface area contributed by atoms with Gasteiger partial charge in [0.05, 0.1) is 11.5 Å². The van der Waals surface area contributed by atoms with Crippen LogP contribution in [0.3, 0.4) is 0 Å². The summed E-state index contributed by atoms with van der Waals surface area (Å²) in [5.74, 6) is -0.597. The maximum absolute atomic E-state index is 12.3. The highest BCUT2D eigenvalue weighted by Gasteiger charge is 2.21. The van der Waals surface area contributed by atoms with E-state index >= 15 is 0 Å². The third-order valence-electron chi connectivity index (χ3n) is 3.60. The van der Waals surface area contributed by atoms with E-state index in [0.717, 1.165) is 11.6 Å². The van der Waals surface area contributed by atoms with Gasteiger partial charge in [0.25, 0.3) is 10.0 Å². The van der Waals surface area contributed by atoms with E-state index in [0.29, 0.717) is 5.56 Å². The minimum absolute atomic E-state index is 0.0617. The summed E-state index contributed by atoms with van der Waals surface area (Å²) in [6.07, 6.45) is 0.315. The van der Waals surface area contributed by atoms with Gasteiger partial charge in [-0.15, -0.1) is 0 Å². The number of hydrogen-bond donors (Lipinski definition) is 1. The molecule has 0 aromatic heterocycles. The molecule has 0 aliphatic rings. The van der Waals surface area contributed by atoms with E-state index in [2.05, 4.69) is 0 Å².